The van der Waals surface area contributed by atoms with Crippen molar-refractivity contribution in [2.24, 2.45) is 11.8 Å². The van der Waals surface area contributed by atoms with Crippen molar-refractivity contribution >= 4 is 5.78 Å². The maximum atomic E-state index is 11.7. The molecule has 0 radical (unpaired) electrons. The van der Waals surface area contributed by atoms with E-state index in [0.29, 0.717) is 17.8 Å². The Balaban J connectivity index is 2.75. The van der Waals surface area contributed by atoms with Crippen LogP contribution in [-0.4, -0.2) is 23.1 Å². The molecule has 0 aromatic rings. The van der Waals surface area contributed by atoms with Gasteiger partial charge in [-0.3, -0.25) is 4.79 Å². The lowest BCUT2D eigenvalue weighted by atomic mass is 9.86. The molecular weight excluding hydrogens is 204 g/mol. The van der Waals surface area contributed by atoms with Crippen LogP contribution in [0.3, 0.4) is 0 Å². The summed E-state index contributed by atoms with van der Waals surface area (Å²) in [5.41, 5.74) is 0.711. The SMILES string of the molecule is CC1=C(C)C(=O)CC(C(C)C(O)C(C)C)O1. The third-order valence-corrected chi connectivity index (χ3v) is 3.47. The topological polar surface area (TPSA) is 46.5 Å². The highest BCUT2D eigenvalue weighted by Crippen LogP contribution is 2.28. The number of aliphatic hydroxyl groups is 1. The third kappa shape index (κ3) is 2.64. The van der Waals surface area contributed by atoms with Crippen LogP contribution in [-0.2, 0) is 9.53 Å². The second kappa shape index (κ2) is 5.00. The van der Waals surface area contributed by atoms with E-state index in [2.05, 4.69) is 0 Å². The van der Waals surface area contributed by atoms with Crippen LogP contribution < -0.4 is 0 Å². The second-order valence-electron chi connectivity index (χ2n) is 5.06. The molecule has 3 nitrogen and oxygen atoms in total. The summed E-state index contributed by atoms with van der Waals surface area (Å²) in [5.74, 6) is 0.994. The highest BCUT2D eigenvalue weighted by Gasteiger charge is 2.33. The Morgan fingerprint density at radius 3 is 2.31 bits per heavy atom. The number of ketones is 1. The molecule has 92 valence electrons. The number of hydrogen-bond acceptors (Lipinski definition) is 3. The van der Waals surface area contributed by atoms with E-state index < -0.39 is 6.10 Å². The molecule has 0 aromatic carbocycles. The van der Waals surface area contributed by atoms with Gasteiger partial charge in [-0.15, -0.1) is 0 Å². The first-order chi connectivity index (χ1) is 7.34. The summed E-state index contributed by atoms with van der Waals surface area (Å²) in [7, 11) is 0. The Hall–Kier alpha value is -0.830. The third-order valence-electron chi connectivity index (χ3n) is 3.47. The lowest BCUT2D eigenvalue weighted by Crippen LogP contribution is -2.38. The zero-order chi connectivity index (χ0) is 12.5. The van der Waals surface area contributed by atoms with Crippen molar-refractivity contribution in [2.75, 3.05) is 0 Å². The Kier molecular flexibility index (Phi) is 4.14. The van der Waals surface area contributed by atoms with Crippen molar-refractivity contribution in [3.63, 3.8) is 0 Å². The molecule has 0 amide bonds. The van der Waals surface area contributed by atoms with Crippen molar-refractivity contribution in [1.29, 1.82) is 0 Å². The van der Waals surface area contributed by atoms with Gasteiger partial charge in [-0.25, -0.2) is 0 Å². The van der Waals surface area contributed by atoms with E-state index in [9.17, 15) is 9.90 Å². The van der Waals surface area contributed by atoms with Crippen LogP contribution in [0.25, 0.3) is 0 Å². The van der Waals surface area contributed by atoms with Gasteiger partial charge in [0.25, 0.3) is 0 Å². The highest BCUT2D eigenvalue weighted by atomic mass is 16.5. The largest absolute Gasteiger partial charge is 0.494 e. The molecule has 16 heavy (non-hydrogen) atoms. The number of carbonyl (C=O) groups is 1. The van der Waals surface area contributed by atoms with Gasteiger partial charge in [0.2, 0.25) is 0 Å². The first-order valence-corrected chi connectivity index (χ1v) is 5.90. The minimum absolute atomic E-state index is 0.0213. The first kappa shape index (κ1) is 13.2. The fourth-order valence-electron chi connectivity index (χ4n) is 2.01. The number of allylic oxidation sites excluding steroid dienone is 2. The maximum Gasteiger partial charge on any atom is 0.165 e. The number of Topliss-reactive ketones (excluding diaryl/α,β-unsaturated/α-hetero) is 1. The standard InChI is InChI=1S/C13H22O3/c1-7(2)13(15)9(4)12-6-11(14)8(3)10(5)16-12/h7,9,12-13,15H,6H2,1-5H3. The predicted molar refractivity (Wildman–Crippen MR) is 62.9 cm³/mol. The predicted octanol–water partition coefficient (Wildman–Crippen LogP) is 2.29. The van der Waals surface area contributed by atoms with E-state index in [1.165, 1.54) is 0 Å². The number of rotatable bonds is 3. The fraction of sp³-hybridized carbons (Fsp3) is 0.769. The lowest BCUT2D eigenvalue weighted by molar-refractivity contribution is -0.122. The number of ether oxygens (including phenoxy) is 1. The smallest absolute Gasteiger partial charge is 0.165 e. The molecule has 0 aromatic heterocycles. The van der Waals surface area contributed by atoms with E-state index >= 15 is 0 Å². The van der Waals surface area contributed by atoms with E-state index in [1.54, 1.807) is 6.92 Å². The van der Waals surface area contributed by atoms with E-state index in [4.69, 9.17) is 4.74 Å². The molecule has 1 aliphatic rings. The Labute approximate surface area is 97.5 Å². The van der Waals surface area contributed by atoms with Crippen LogP contribution in [0.15, 0.2) is 11.3 Å². The normalized spacial score (nSPS) is 25.7. The molecule has 1 rings (SSSR count). The number of hydrogen-bond donors (Lipinski definition) is 1. The summed E-state index contributed by atoms with van der Waals surface area (Å²) in [5, 5.41) is 9.98. The van der Waals surface area contributed by atoms with Crippen LogP contribution in [0.1, 0.15) is 41.0 Å². The summed E-state index contributed by atoms with van der Waals surface area (Å²) in [6.07, 6.45) is -0.230. The van der Waals surface area contributed by atoms with Gasteiger partial charge in [-0.1, -0.05) is 20.8 Å². The zero-order valence-electron chi connectivity index (χ0n) is 10.8. The zero-order valence-corrected chi connectivity index (χ0v) is 10.8. The summed E-state index contributed by atoms with van der Waals surface area (Å²) in [6.45, 7) is 9.49. The van der Waals surface area contributed by atoms with E-state index in [0.717, 1.165) is 0 Å². The van der Waals surface area contributed by atoms with Crippen LogP contribution in [0.4, 0.5) is 0 Å². The lowest BCUT2D eigenvalue weighted by Gasteiger charge is -2.33. The fourth-order valence-corrected chi connectivity index (χ4v) is 2.01. The number of carbonyl (C=O) groups excluding carboxylic acids is 1. The molecule has 1 heterocycles. The minimum Gasteiger partial charge on any atom is -0.494 e. The van der Waals surface area contributed by atoms with Crippen LogP contribution in [0.2, 0.25) is 0 Å². The summed E-state index contributed by atoms with van der Waals surface area (Å²) >= 11 is 0. The van der Waals surface area contributed by atoms with Crippen molar-refractivity contribution in [3.05, 3.63) is 11.3 Å². The van der Waals surface area contributed by atoms with Gasteiger partial charge in [0.15, 0.2) is 5.78 Å². The number of aliphatic hydroxyl groups excluding tert-OH is 1. The molecule has 3 unspecified atom stereocenters. The summed E-state index contributed by atoms with van der Waals surface area (Å²) < 4.78 is 5.70. The Bertz CT molecular complexity index is 304. The van der Waals surface area contributed by atoms with Crippen LogP contribution in [0, 0.1) is 11.8 Å². The van der Waals surface area contributed by atoms with Crippen molar-refractivity contribution in [3.8, 4) is 0 Å². The molecule has 1 aliphatic heterocycles. The quantitative estimate of drug-likeness (QED) is 0.803. The van der Waals surface area contributed by atoms with Crippen molar-refractivity contribution in [2.45, 2.75) is 53.2 Å². The molecule has 3 heteroatoms. The molecule has 0 saturated heterocycles. The molecule has 3 atom stereocenters. The molecule has 0 fully saturated rings. The molecule has 0 bridgehead atoms. The van der Waals surface area contributed by atoms with Crippen LogP contribution in [0.5, 0.6) is 0 Å². The Morgan fingerprint density at radius 1 is 1.31 bits per heavy atom. The van der Waals surface area contributed by atoms with Gasteiger partial charge in [0.1, 0.15) is 6.10 Å². The van der Waals surface area contributed by atoms with Gasteiger partial charge < -0.3 is 9.84 Å². The van der Waals surface area contributed by atoms with Gasteiger partial charge in [-0.2, -0.15) is 0 Å². The van der Waals surface area contributed by atoms with Gasteiger partial charge in [0.05, 0.1) is 11.9 Å². The molecule has 0 saturated carbocycles. The minimum atomic E-state index is -0.427. The molecular formula is C13H22O3. The van der Waals surface area contributed by atoms with Crippen LogP contribution >= 0.6 is 0 Å². The monoisotopic (exact) mass is 226 g/mol. The molecule has 1 N–H and O–H groups in total. The summed E-state index contributed by atoms with van der Waals surface area (Å²) in [4.78, 5) is 11.7. The van der Waals surface area contributed by atoms with Crippen molar-refractivity contribution in [1.82, 2.24) is 0 Å². The van der Waals surface area contributed by atoms with Crippen molar-refractivity contribution < 1.29 is 14.6 Å². The highest BCUT2D eigenvalue weighted by molar-refractivity contribution is 5.96. The van der Waals surface area contributed by atoms with Gasteiger partial charge >= 0.3 is 0 Å². The van der Waals surface area contributed by atoms with Gasteiger partial charge in [-0.05, 0) is 19.8 Å². The average Bonchev–Trinajstić information content (AvgIpc) is 2.22. The van der Waals surface area contributed by atoms with Gasteiger partial charge in [0, 0.05) is 17.9 Å². The molecule has 0 aliphatic carbocycles. The first-order valence-electron chi connectivity index (χ1n) is 5.90. The van der Waals surface area contributed by atoms with E-state index in [-0.39, 0.29) is 23.7 Å². The second-order valence-corrected chi connectivity index (χ2v) is 5.06. The Morgan fingerprint density at radius 2 is 1.88 bits per heavy atom. The average molecular weight is 226 g/mol. The maximum absolute atomic E-state index is 11.7. The molecule has 0 spiro atoms. The van der Waals surface area contributed by atoms with E-state index in [1.807, 2.05) is 27.7 Å². The summed E-state index contributed by atoms with van der Waals surface area (Å²) in [6, 6.07) is 0.